The van der Waals surface area contributed by atoms with Crippen molar-refractivity contribution in [2.75, 3.05) is 23.9 Å². The molecule has 244 valence electrons. The summed E-state index contributed by atoms with van der Waals surface area (Å²) in [6.45, 7) is 1.54. The molecule has 3 aliphatic carbocycles. The van der Waals surface area contributed by atoms with Crippen LogP contribution in [0.3, 0.4) is 0 Å². The van der Waals surface area contributed by atoms with E-state index in [0.717, 1.165) is 17.0 Å². The summed E-state index contributed by atoms with van der Waals surface area (Å²) in [5, 5.41) is 34.2. The van der Waals surface area contributed by atoms with Gasteiger partial charge >= 0.3 is 11.4 Å². The van der Waals surface area contributed by atoms with Crippen LogP contribution in [0.4, 0.5) is 22.7 Å². The Balaban J connectivity index is 1.33. The van der Waals surface area contributed by atoms with Gasteiger partial charge in [0.1, 0.15) is 11.5 Å². The maximum atomic E-state index is 14.3. The Hall–Kier alpha value is -5.92. The highest BCUT2D eigenvalue weighted by Gasteiger charge is 2.57. The summed E-state index contributed by atoms with van der Waals surface area (Å²) < 4.78 is 5.90. The van der Waals surface area contributed by atoms with Crippen molar-refractivity contribution in [1.82, 2.24) is 0 Å². The van der Waals surface area contributed by atoms with E-state index in [4.69, 9.17) is 4.74 Å². The molecule has 2 aliphatic heterocycles. The highest BCUT2D eigenvalue weighted by Crippen LogP contribution is 2.55. The van der Waals surface area contributed by atoms with E-state index in [0.29, 0.717) is 22.5 Å². The smallest absolute Gasteiger partial charge is 0.301 e. The third-order valence-electron chi connectivity index (χ3n) is 9.86. The van der Waals surface area contributed by atoms with Crippen LogP contribution in [0.5, 0.6) is 11.5 Å². The molecule has 0 spiro atoms. The summed E-state index contributed by atoms with van der Waals surface area (Å²) in [5.41, 5.74) is 0.872. The number of allylic oxidation sites excluding steroid dienone is 7. The number of nitro groups is 2. The number of nitro benzene ring substituents is 2. The second-order valence-electron chi connectivity index (χ2n) is 12.8. The zero-order valence-corrected chi connectivity index (χ0v) is 26.0. The van der Waals surface area contributed by atoms with Crippen LogP contribution >= 0.6 is 0 Å². The first-order chi connectivity index (χ1) is 22.8. The molecule has 1 fully saturated rings. The van der Waals surface area contributed by atoms with Crippen LogP contribution in [0.25, 0.3) is 0 Å². The van der Waals surface area contributed by atoms with Crippen molar-refractivity contribution in [1.29, 1.82) is 0 Å². The van der Waals surface area contributed by atoms with Gasteiger partial charge in [0, 0.05) is 60.8 Å². The lowest BCUT2D eigenvalue weighted by molar-refractivity contribution is -0.392. The first kappa shape index (κ1) is 30.7. The van der Waals surface area contributed by atoms with Crippen molar-refractivity contribution in [2.45, 2.75) is 26.2 Å². The molecule has 0 saturated carbocycles. The molecule has 5 aliphatic rings. The van der Waals surface area contributed by atoms with Crippen LogP contribution in [-0.4, -0.2) is 52.4 Å². The number of imide groups is 1. The molecule has 14 heteroatoms. The van der Waals surface area contributed by atoms with Gasteiger partial charge in [0.2, 0.25) is 11.8 Å². The molecule has 2 heterocycles. The summed E-state index contributed by atoms with van der Waals surface area (Å²) >= 11 is 0. The van der Waals surface area contributed by atoms with Crippen LogP contribution < -0.4 is 14.5 Å². The molecular weight excluding hydrogens is 624 g/mol. The second kappa shape index (κ2) is 10.8. The monoisotopic (exact) mass is 652 g/mol. The van der Waals surface area contributed by atoms with E-state index >= 15 is 0 Å². The molecule has 0 radical (unpaired) electrons. The zero-order valence-electron chi connectivity index (χ0n) is 26.0. The van der Waals surface area contributed by atoms with E-state index in [9.17, 15) is 44.5 Å². The minimum atomic E-state index is -1.00. The Labute approximate surface area is 272 Å². The van der Waals surface area contributed by atoms with Gasteiger partial charge in [-0.1, -0.05) is 11.6 Å². The number of phenolic OH excluding ortho intramolecular Hbond substituents is 1. The third-order valence-corrected chi connectivity index (χ3v) is 9.86. The molecule has 0 bridgehead atoms. The van der Waals surface area contributed by atoms with Gasteiger partial charge in [-0.15, -0.1) is 0 Å². The number of hydrogen-bond acceptors (Lipinski definition) is 11. The number of ether oxygens (including phenoxy) is 1. The fourth-order valence-corrected chi connectivity index (χ4v) is 7.90. The first-order valence-corrected chi connectivity index (χ1v) is 15.2. The first-order valence-electron chi connectivity index (χ1n) is 15.2. The minimum Gasteiger partial charge on any atom is -0.508 e. The Kier molecular flexibility index (Phi) is 6.93. The van der Waals surface area contributed by atoms with Gasteiger partial charge in [-0.25, -0.2) is 4.90 Å². The highest BCUT2D eigenvalue weighted by molar-refractivity contribution is 6.25. The van der Waals surface area contributed by atoms with Gasteiger partial charge in [-0.2, -0.15) is 0 Å². The number of phenols is 1. The van der Waals surface area contributed by atoms with Crippen LogP contribution in [0, 0.1) is 43.9 Å². The van der Waals surface area contributed by atoms with Crippen LogP contribution in [0.2, 0.25) is 0 Å². The number of benzene rings is 2. The number of anilines is 2. The molecule has 14 nitrogen and oxygen atoms in total. The predicted molar refractivity (Wildman–Crippen MR) is 169 cm³/mol. The van der Waals surface area contributed by atoms with E-state index in [2.05, 4.69) is 0 Å². The van der Waals surface area contributed by atoms with Crippen molar-refractivity contribution < 1.29 is 38.9 Å². The van der Waals surface area contributed by atoms with Crippen LogP contribution in [0.15, 0.2) is 76.6 Å². The molecule has 0 aromatic heterocycles. The van der Waals surface area contributed by atoms with E-state index in [1.165, 1.54) is 37.4 Å². The lowest BCUT2D eigenvalue weighted by Gasteiger charge is -2.43. The highest BCUT2D eigenvalue weighted by atomic mass is 16.6. The minimum absolute atomic E-state index is 0.00677. The lowest BCUT2D eigenvalue weighted by atomic mass is 9.58. The van der Waals surface area contributed by atoms with Gasteiger partial charge in [0.25, 0.3) is 0 Å². The number of rotatable bonds is 5. The summed E-state index contributed by atoms with van der Waals surface area (Å²) in [6, 6.07) is 6.64. The summed E-state index contributed by atoms with van der Waals surface area (Å²) in [4.78, 5) is 79.9. The standard InChI is InChI=1S/C34H28N4O10/c1-15-8-26(40)30-23(32(15)41)13-22-20(28(30)17-9-16-10-19(39)4-7-27(16)48-14-17)5-6-21-29(22)34(43)36(33(21)42)18-11-24(37(44)45)31(35(2)3)25(12-18)38(46)47/h4-5,7-8,10-12,14,21-22,28-29,39H,6,9,13H2,1-3H3. The normalized spacial score (nSPS) is 24.5. The molecule has 2 aromatic carbocycles. The number of ketones is 2. The largest absolute Gasteiger partial charge is 0.508 e. The molecular formula is C34H28N4O10. The third kappa shape index (κ3) is 4.47. The number of fused-ring (bicyclic) bond motifs is 4. The molecule has 1 N–H and O–H groups in total. The lowest BCUT2D eigenvalue weighted by Crippen LogP contribution is -2.41. The van der Waals surface area contributed by atoms with Crippen molar-refractivity contribution in [3.63, 3.8) is 0 Å². The van der Waals surface area contributed by atoms with Gasteiger partial charge in [0.15, 0.2) is 17.3 Å². The van der Waals surface area contributed by atoms with Crippen molar-refractivity contribution >= 4 is 46.1 Å². The molecule has 1 saturated heterocycles. The average Bonchev–Trinajstić information content (AvgIpc) is 3.30. The summed E-state index contributed by atoms with van der Waals surface area (Å²) in [6.07, 6.45) is 5.01. The summed E-state index contributed by atoms with van der Waals surface area (Å²) in [7, 11) is 2.82. The van der Waals surface area contributed by atoms with Crippen LogP contribution in [0.1, 0.15) is 25.3 Å². The summed E-state index contributed by atoms with van der Waals surface area (Å²) in [5.74, 6) is -4.86. The molecule has 4 unspecified atom stereocenters. The maximum absolute atomic E-state index is 14.3. The molecule has 7 rings (SSSR count). The Morgan fingerprint density at radius 1 is 0.979 bits per heavy atom. The number of carbonyl (C=O) groups is 4. The van der Waals surface area contributed by atoms with Gasteiger partial charge in [-0.3, -0.25) is 39.4 Å². The molecule has 2 aromatic rings. The van der Waals surface area contributed by atoms with E-state index in [1.54, 1.807) is 19.1 Å². The quantitative estimate of drug-likeness (QED) is 0.160. The van der Waals surface area contributed by atoms with Crippen molar-refractivity contribution in [3.05, 3.63) is 102 Å². The van der Waals surface area contributed by atoms with Gasteiger partial charge in [-0.05, 0) is 55.5 Å². The van der Waals surface area contributed by atoms with Crippen molar-refractivity contribution in [2.24, 2.45) is 23.7 Å². The molecule has 4 atom stereocenters. The number of carbonyl (C=O) groups excluding carboxylic acids is 4. The number of hydrogen-bond donors (Lipinski definition) is 1. The molecule has 2 amide bonds. The predicted octanol–water partition coefficient (Wildman–Crippen LogP) is 4.26. The number of Topliss-reactive ketones (excluding diaryl/α,β-unsaturated/α-hetero) is 1. The molecule has 48 heavy (non-hydrogen) atoms. The van der Waals surface area contributed by atoms with Gasteiger partial charge in [0.05, 0.1) is 33.6 Å². The maximum Gasteiger partial charge on any atom is 0.301 e. The Bertz CT molecular complexity index is 2020. The fraction of sp³-hybridized carbons (Fsp3) is 0.294. The zero-order chi connectivity index (χ0) is 34.3. The number of amides is 2. The van der Waals surface area contributed by atoms with Crippen molar-refractivity contribution in [3.8, 4) is 11.5 Å². The van der Waals surface area contributed by atoms with Gasteiger partial charge < -0.3 is 14.7 Å². The Morgan fingerprint density at radius 3 is 2.31 bits per heavy atom. The fourth-order valence-electron chi connectivity index (χ4n) is 7.90. The second-order valence-corrected chi connectivity index (χ2v) is 12.8. The number of aromatic hydroxyl groups is 1. The topological polar surface area (TPSA) is 190 Å². The average molecular weight is 653 g/mol. The number of nitrogens with zero attached hydrogens (tertiary/aromatic N) is 4. The van der Waals surface area contributed by atoms with E-state index in [-0.39, 0.29) is 64.7 Å². The van der Waals surface area contributed by atoms with Crippen LogP contribution in [-0.2, 0) is 25.6 Å². The van der Waals surface area contributed by atoms with E-state index in [1.807, 2.05) is 6.08 Å². The SMILES string of the molecule is CC1=CC(=O)C2=C(CC3C(=CCC4C(=O)N(c5cc([N+](=O)[O-])c(N(C)C)c([N+](=O)[O-])c5)C(=O)C43)C2C2=COc3ccc(O)cc3C2)C1=O. The Morgan fingerprint density at radius 2 is 1.67 bits per heavy atom. The van der Waals surface area contributed by atoms with E-state index < -0.39 is 56.7 Å².